The molecule has 1 unspecified atom stereocenters. The average Bonchev–Trinajstić information content (AvgIpc) is 2.69. The molecule has 12 radical (unpaired) electrons. The van der Waals surface area contributed by atoms with Crippen molar-refractivity contribution in [2.45, 2.75) is 41.4 Å². The Kier molecular flexibility index (Phi) is 6.91. The molecule has 1 fully saturated rings. The number of alkyl halides is 1. The number of likely N-dealkylation sites (tertiary alicyclic amines) is 1. The van der Waals surface area contributed by atoms with Crippen LogP contribution in [-0.4, -0.2) is 90.7 Å². The van der Waals surface area contributed by atoms with Crippen LogP contribution in [-0.2, 0) is 6.54 Å². The number of hydrogen-bond acceptors (Lipinski definition) is 4. The second-order valence-electron chi connectivity index (χ2n) is 8.38. The van der Waals surface area contributed by atoms with Crippen LogP contribution in [0.5, 0.6) is 0 Å². The van der Waals surface area contributed by atoms with E-state index in [4.69, 9.17) is 58.7 Å². The number of piperidine rings is 1. The lowest BCUT2D eigenvalue weighted by Gasteiger charge is -2.68. The van der Waals surface area contributed by atoms with Gasteiger partial charge in [0.25, 0.3) is 5.91 Å². The van der Waals surface area contributed by atoms with Gasteiger partial charge in [0.05, 0.1) is 58.6 Å². The molecule has 2 aromatic rings. The highest BCUT2D eigenvalue weighted by Gasteiger charge is 2.62. The van der Waals surface area contributed by atoms with Crippen LogP contribution in [0.1, 0.15) is 28.2 Å². The number of aryl methyl sites for hydroxylation is 1. The second kappa shape index (κ2) is 8.80. The third-order valence-electron chi connectivity index (χ3n) is 5.65. The molecule has 3 rings (SSSR count). The molecule has 0 bridgehead atoms. The van der Waals surface area contributed by atoms with Gasteiger partial charge < -0.3 is 10.2 Å². The largest absolute Gasteiger partial charge is 0.363 e. The fourth-order valence-electron chi connectivity index (χ4n) is 3.77. The Labute approximate surface area is 204 Å². The van der Waals surface area contributed by atoms with Crippen LogP contribution in [0, 0.1) is 12.7 Å². The highest BCUT2D eigenvalue weighted by atomic mass is 35.5. The van der Waals surface area contributed by atoms with Crippen molar-refractivity contribution in [3.05, 3.63) is 58.4 Å². The molecule has 1 aliphatic heterocycles. The van der Waals surface area contributed by atoms with E-state index in [9.17, 15) is 9.18 Å². The van der Waals surface area contributed by atoms with Gasteiger partial charge in [-0.15, -0.1) is 0 Å². The number of hydrogen-bond donors (Lipinski definition) is 1. The smallest absolute Gasteiger partial charge is 0.252 e. The Morgan fingerprint density at radius 2 is 1.79 bits per heavy atom. The van der Waals surface area contributed by atoms with Gasteiger partial charge in [0.15, 0.2) is 0 Å². The molecule has 1 aliphatic rings. The molecular formula is C19H15B6ClF2N4O. The summed E-state index contributed by atoms with van der Waals surface area (Å²) in [5.74, 6) is -1.33. The zero-order chi connectivity index (χ0) is 24.8. The number of aromatic nitrogens is 2. The monoisotopic (exact) mass is 454 g/mol. The van der Waals surface area contributed by atoms with Gasteiger partial charge >= 0.3 is 0 Å². The number of benzene rings is 1. The summed E-state index contributed by atoms with van der Waals surface area (Å²) in [6.45, 7) is 1.42. The van der Waals surface area contributed by atoms with Gasteiger partial charge in [0.2, 0.25) is 0 Å². The Morgan fingerprint density at radius 1 is 1.18 bits per heavy atom. The number of carbonyl (C=O) groups excluding carboxylic acids is 1. The first-order valence-corrected chi connectivity index (χ1v) is 10.2. The molecule has 1 saturated heterocycles. The quantitative estimate of drug-likeness (QED) is 0.664. The standard InChI is InChI=1S/C19H15B6ClF2N4O/c1-10-5-30-14(31-6-10)7-29-9-16(28)8-17(20,21)32(19(24,25)18(16,22)23)15(33)11-2-3-13(27)12(26)4-11/h2-6,29H,7-9H2,1H3. The number of rotatable bonds is 5. The first kappa shape index (κ1) is 25.9. The van der Waals surface area contributed by atoms with Crippen molar-refractivity contribution in [2.75, 3.05) is 6.54 Å². The summed E-state index contributed by atoms with van der Waals surface area (Å²) in [6.07, 6.45) is 2.48. The fraction of sp³-hybridized carbons (Fsp3) is 0.421. The SMILES string of the molecule is [B]C1([B])CC(F)(CNCc2ncc(C)cn2)C([B])([B])C([B])([B])N1C(=O)c1ccc(F)c(Cl)c1. The van der Waals surface area contributed by atoms with Crippen LogP contribution in [0.2, 0.25) is 10.2 Å². The maximum absolute atomic E-state index is 16.2. The Balaban J connectivity index is 1.88. The van der Waals surface area contributed by atoms with Crippen molar-refractivity contribution in [2.24, 2.45) is 0 Å². The van der Waals surface area contributed by atoms with Crippen LogP contribution in [0.15, 0.2) is 30.6 Å². The predicted octanol–water partition coefficient (Wildman–Crippen LogP) is 0.356. The van der Waals surface area contributed by atoms with E-state index in [1.165, 1.54) is 0 Å². The number of carbonyl (C=O) groups is 1. The zero-order valence-corrected chi connectivity index (χ0v) is 18.6. The van der Waals surface area contributed by atoms with Gasteiger partial charge in [0.1, 0.15) is 17.3 Å². The minimum Gasteiger partial charge on any atom is -0.363 e. The molecule has 1 amide bonds. The average molecular weight is 454 g/mol. The van der Waals surface area contributed by atoms with Crippen molar-refractivity contribution in [1.29, 1.82) is 0 Å². The number of amides is 1. The zero-order valence-electron chi connectivity index (χ0n) is 17.9. The van der Waals surface area contributed by atoms with Gasteiger partial charge in [0, 0.05) is 24.5 Å². The normalized spacial score (nSPS) is 23.2. The van der Waals surface area contributed by atoms with Gasteiger partial charge in [-0.2, -0.15) is 0 Å². The Morgan fingerprint density at radius 3 is 2.36 bits per heavy atom. The lowest BCUT2D eigenvalue weighted by molar-refractivity contribution is -0.00688. The Hall–Kier alpha value is -1.73. The molecule has 1 atom stereocenters. The molecule has 156 valence electrons. The molecule has 0 saturated carbocycles. The van der Waals surface area contributed by atoms with Gasteiger partial charge in [-0.1, -0.05) is 16.8 Å². The molecule has 0 aliphatic carbocycles. The number of nitrogens with one attached hydrogen (secondary N) is 1. The predicted molar refractivity (Wildman–Crippen MR) is 127 cm³/mol. The molecule has 14 heteroatoms. The lowest BCUT2D eigenvalue weighted by Crippen LogP contribution is -2.79. The van der Waals surface area contributed by atoms with E-state index >= 15 is 4.39 Å². The van der Waals surface area contributed by atoms with Crippen LogP contribution in [0.4, 0.5) is 8.78 Å². The van der Waals surface area contributed by atoms with E-state index < -0.39 is 46.2 Å². The van der Waals surface area contributed by atoms with Crippen molar-refractivity contribution in [3.8, 4) is 0 Å². The van der Waals surface area contributed by atoms with Crippen molar-refractivity contribution < 1.29 is 13.6 Å². The summed E-state index contributed by atoms with van der Waals surface area (Å²) < 4.78 is 29.7. The maximum atomic E-state index is 16.2. The maximum Gasteiger partial charge on any atom is 0.252 e. The molecule has 5 nitrogen and oxygen atoms in total. The van der Waals surface area contributed by atoms with Gasteiger partial charge in [-0.25, -0.2) is 18.7 Å². The minimum atomic E-state index is -2.57. The van der Waals surface area contributed by atoms with Crippen LogP contribution in [0.25, 0.3) is 0 Å². The first-order valence-electron chi connectivity index (χ1n) is 9.82. The summed E-state index contributed by atoms with van der Waals surface area (Å²) in [4.78, 5) is 22.0. The summed E-state index contributed by atoms with van der Waals surface area (Å²) >= 11 is 5.76. The third kappa shape index (κ3) is 4.63. The Bertz CT molecular complexity index is 1060. The fourth-order valence-corrected chi connectivity index (χ4v) is 3.95. The molecule has 1 aromatic heterocycles. The van der Waals surface area contributed by atoms with Crippen molar-refractivity contribution in [1.82, 2.24) is 20.2 Å². The highest BCUT2D eigenvalue weighted by Crippen LogP contribution is 2.54. The minimum absolute atomic E-state index is 0.0725. The van der Waals surface area contributed by atoms with Crippen molar-refractivity contribution in [3.63, 3.8) is 0 Å². The van der Waals surface area contributed by atoms with Crippen molar-refractivity contribution >= 4 is 64.6 Å². The summed E-state index contributed by atoms with van der Waals surface area (Å²) in [7, 11) is 36.7. The molecule has 2 heterocycles. The highest BCUT2D eigenvalue weighted by molar-refractivity contribution is 6.57. The van der Waals surface area contributed by atoms with Gasteiger partial charge in [-0.3, -0.25) is 4.79 Å². The van der Waals surface area contributed by atoms with E-state index in [0.717, 1.165) is 23.8 Å². The van der Waals surface area contributed by atoms with E-state index in [-0.39, 0.29) is 17.1 Å². The van der Waals surface area contributed by atoms with E-state index in [0.29, 0.717) is 10.7 Å². The summed E-state index contributed by atoms with van der Waals surface area (Å²) in [5, 5.41) is -4.85. The van der Waals surface area contributed by atoms with Gasteiger partial charge in [-0.05, 0) is 47.8 Å². The van der Waals surface area contributed by atoms with Crippen LogP contribution in [0.3, 0.4) is 0 Å². The molecular weight excluding hydrogens is 439 g/mol. The molecule has 33 heavy (non-hydrogen) atoms. The molecule has 1 aromatic carbocycles. The number of halogens is 3. The molecule has 0 spiro atoms. The topological polar surface area (TPSA) is 58.1 Å². The summed E-state index contributed by atoms with van der Waals surface area (Å²) in [6, 6.07) is 3.10. The second-order valence-corrected chi connectivity index (χ2v) is 8.78. The first-order chi connectivity index (χ1) is 15.1. The van der Waals surface area contributed by atoms with E-state index in [1.807, 2.05) is 6.92 Å². The van der Waals surface area contributed by atoms with Crippen LogP contribution >= 0.6 is 11.6 Å². The summed E-state index contributed by atoms with van der Waals surface area (Å²) in [5.41, 5.74) is -1.86. The third-order valence-corrected chi connectivity index (χ3v) is 5.94. The number of nitrogens with zero attached hydrogens (tertiary/aromatic N) is 3. The van der Waals surface area contributed by atoms with Crippen LogP contribution < -0.4 is 5.32 Å². The van der Waals surface area contributed by atoms with E-state index in [1.54, 1.807) is 12.4 Å². The van der Waals surface area contributed by atoms with E-state index in [2.05, 4.69) is 15.3 Å². The lowest BCUT2D eigenvalue weighted by atomic mass is 9.24. The molecule has 1 N–H and O–H groups in total.